The summed E-state index contributed by atoms with van der Waals surface area (Å²) in [5, 5.41) is 167. The summed E-state index contributed by atoms with van der Waals surface area (Å²) in [5.41, 5.74) is 0. The molecule has 17 N–H and O–H groups in total. The second-order valence-corrected chi connectivity index (χ2v) is 21.7. The highest BCUT2D eigenvalue weighted by Crippen LogP contribution is 2.26. The Kier molecular flexibility index (Phi) is 31.5. The number of carbonyl (C=O) groups is 7. The molecule has 0 aromatic carbocycles. The van der Waals surface area contributed by atoms with Crippen molar-refractivity contribution in [1.29, 1.82) is 0 Å². The maximum absolute atomic E-state index is 14.6. The van der Waals surface area contributed by atoms with Crippen molar-refractivity contribution in [2.45, 2.75) is 187 Å². The number of hydroxylamine groups is 2. The highest BCUT2D eigenvalue weighted by Gasteiger charge is 2.48. The molecule has 0 bridgehead atoms. The van der Waals surface area contributed by atoms with Crippen LogP contribution >= 0.6 is 0 Å². The third-order valence-corrected chi connectivity index (χ3v) is 15.3. The van der Waals surface area contributed by atoms with Gasteiger partial charge in [-0.2, -0.15) is 0 Å². The molecule has 512 valence electrons. The van der Waals surface area contributed by atoms with Gasteiger partial charge in [-0.15, -0.1) is 5.06 Å². The summed E-state index contributed by atoms with van der Waals surface area (Å²) in [4.78, 5) is 99.5. The molecule has 5 rings (SSSR count). The molecule has 89 heavy (non-hydrogen) atoms. The molecule has 37 heteroatoms. The maximum Gasteiger partial charge on any atom is 0.333 e. The van der Waals surface area contributed by atoms with Crippen LogP contribution in [0.5, 0.6) is 0 Å². The lowest BCUT2D eigenvalue weighted by Gasteiger charge is -2.40. The molecular formula is C52H87N5O32. The van der Waals surface area contributed by atoms with Crippen LogP contribution < -0.4 is 5.32 Å². The molecule has 5 saturated heterocycles. The van der Waals surface area contributed by atoms with Crippen LogP contribution in [0.15, 0.2) is 0 Å². The highest BCUT2D eigenvalue weighted by molar-refractivity contribution is 6.01. The third-order valence-electron chi connectivity index (χ3n) is 15.3. The van der Waals surface area contributed by atoms with Gasteiger partial charge in [-0.25, -0.2) is 4.79 Å². The monoisotopic (exact) mass is 1290 g/mol. The van der Waals surface area contributed by atoms with Crippen molar-refractivity contribution in [3.8, 4) is 0 Å². The number of hydrogen-bond acceptors (Lipinski definition) is 32. The summed E-state index contributed by atoms with van der Waals surface area (Å²) in [6.45, 7) is -8.93. The minimum absolute atomic E-state index is 0.00243. The van der Waals surface area contributed by atoms with Gasteiger partial charge >= 0.3 is 5.97 Å². The fourth-order valence-corrected chi connectivity index (χ4v) is 9.83. The van der Waals surface area contributed by atoms with E-state index >= 15 is 0 Å². The van der Waals surface area contributed by atoms with Gasteiger partial charge < -0.3 is 144 Å². The van der Waals surface area contributed by atoms with Crippen molar-refractivity contribution >= 4 is 41.4 Å². The first kappa shape index (κ1) is 75.3. The number of imide groups is 1. The minimum atomic E-state index is -1.87. The van der Waals surface area contributed by atoms with Gasteiger partial charge in [-0.05, 0) is 25.7 Å². The lowest BCUT2D eigenvalue weighted by atomic mass is 9.99. The number of nitrogens with one attached hydrogen (secondary N) is 1. The fourth-order valence-electron chi connectivity index (χ4n) is 9.83. The van der Waals surface area contributed by atoms with Crippen molar-refractivity contribution in [3.63, 3.8) is 0 Å². The predicted octanol–water partition coefficient (Wildman–Crippen LogP) is -11.4. The Bertz CT molecular complexity index is 2020. The van der Waals surface area contributed by atoms with Crippen molar-refractivity contribution in [1.82, 2.24) is 25.1 Å². The van der Waals surface area contributed by atoms with Crippen LogP contribution in [0.25, 0.3) is 0 Å². The molecule has 0 aliphatic carbocycles. The second kappa shape index (κ2) is 37.3. The van der Waals surface area contributed by atoms with E-state index in [9.17, 15) is 115 Å². The first-order valence-electron chi connectivity index (χ1n) is 29.2. The van der Waals surface area contributed by atoms with Crippen molar-refractivity contribution in [2.75, 3.05) is 98.7 Å². The second-order valence-electron chi connectivity index (χ2n) is 21.7. The van der Waals surface area contributed by atoms with E-state index in [2.05, 4.69) is 5.32 Å². The Balaban J connectivity index is 1.32. The molecule has 0 aromatic rings. The molecule has 37 nitrogen and oxygen atoms in total. The largest absolute Gasteiger partial charge is 0.394 e. The Morgan fingerprint density at radius 2 is 0.742 bits per heavy atom. The highest BCUT2D eigenvalue weighted by atomic mass is 16.7. The van der Waals surface area contributed by atoms with E-state index in [4.69, 9.17) is 42.7 Å². The van der Waals surface area contributed by atoms with Gasteiger partial charge in [0.05, 0.1) is 52.9 Å². The number of rotatable bonds is 36. The molecule has 0 saturated carbocycles. The summed E-state index contributed by atoms with van der Waals surface area (Å²) in [5.74, 6) is -5.14. The number of hydrogen-bond donors (Lipinski definition) is 17. The summed E-state index contributed by atoms with van der Waals surface area (Å²) >= 11 is 0. The smallest absolute Gasteiger partial charge is 0.333 e. The standard InChI is InChI=1S/C52H87N5O32/c58-22-26-37(69)41(73)45(77)49(85-26)81-16-12-54(13-17-82-50-46(78)42(74)38(70)27(23-59)86-50)34(66)20-56(31(63)7-4-3-6-30(62)53-11-5-1-2-8-36(68)89-57-32(64)9-10-33(57)65)21-35(67)55(14-18-83-51-47(79)43(75)39(71)28(24-60)87-51)15-19-84-52-48(80)44(76)40(72)29(25-61)88-52/h26-29,37-52,58-61,69-80H,1-25H2,(H,53,62)/t26-,27-,28-,29-,37-,38-,39-,40-,41+,42+,43+,44+,45+,46+,47+,48+,49+,50+,51+,52+/m1/s1. The summed E-state index contributed by atoms with van der Waals surface area (Å²) in [7, 11) is 0. The number of aliphatic hydroxyl groups excluding tert-OH is 16. The van der Waals surface area contributed by atoms with Gasteiger partial charge in [0.1, 0.15) is 111 Å². The summed E-state index contributed by atoms with van der Waals surface area (Å²) < 4.78 is 44.1. The van der Waals surface area contributed by atoms with E-state index in [0.29, 0.717) is 24.3 Å². The maximum atomic E-state index is 14.6. The van der Waals surface area contributed by atoms with Crippen molar-refractivity contribution < 1.29 is 158 Å². The first-order valence-corrected chi connectivity index (χ1v) is 29.2. The van der Waals surface area contributed by atoms with Crippen LogP contribution in [0, 0.1) is 0 Å². The molecule has 20 atom stereocenters. The van der Waals surface area contributed by atoms with E-state index in [1.165, 1.54) is 0 Å². The summed E-state index contributed by atoms with van der Waals surface area (Å²) in [6, 6.07) is 0. The van der Waals surface area contributed by atoms with E-state index < -0.39 is 256 Å². The number of carbonyl (C=O) groups excluding carboxylic acids is 7. The Labute approximate surface area is 509 Å². The van der Waals surface area contributed by atoms with Gasteiger partial charge in [-0.1, -0.05) is 6.42 Å². The zero-order valence-electron chi connectivity index (χ0n) is 48.7. The quantitative estimate of drug-likeness (QED) is 0.0205. The first-order chi connectivity index (χ1) is 42.4. The van der Waals surface area contributed by atoms with Crippen LogP contribution in [-0.2, 0) is 76.3 Å². The fraction of sp³-hybridized carbons (Fsp3) is 0.865. The van der Waals surface area contributed by atoms with Crippen LogP contribution in [0.3, 0.4) is 0 Å². The van der Waals surface area contributed by atoms with Crippen molar-refractivity contribution in [3.05, 3.63) is 0 Å². The SMILES string of the molecule is O=C(CCCCC(=O)N(CC(=O)N(CCO[C@H]1O[C@H](CO)[C@@H](O)[C@H](O)[C@@H]1O)CCO[C@H]1O[C@H](CO)[C@@H](O)[C@H](O)[C@@H]1O)CC(=O)N(CCO[C@H]1O[C@H](CO)[C@@H](O)[C@H](O)[C@@H]1O)CCO[C@H]1O[C@H](CO)[C@@H](O)[C@H](O)[C@@H]1O)NCCCCCC(=O)ON1C(=O)CCC1=O. The molecule has 5 aliphatic heterocycles. The molecule has 6 amide bonds. The Morgan fingerprint density at radius 3 is 1.08 bits per heavy atom. The molecule has 0 aromatic heterocycles. The Morgan fingerprint density at radius 1 is 0.416 bits per heavy atom. The normalized spacial score (nSPS) is 33.2. The number of ether oxygens (including phenoxy) is 8. The van der Waals surface area contributed by atoms with Gasteiger partial charge in [0.15, 0.2) is 25.2 Å². The lowest BCUT2D eigenvalue weighted by Crippen LogP contribution is -2.59. The molecule has 0 unspecified atom stereocenters. The van der Waals surface area contributed by atoms with E-state index in [-0.39, 0.29) is 51.5 Å². The van der Waals surface area contributed by atoms with E-state index in [1.54, 1.807) is 0 Å². The summed E-state index contributed by atoms with van der Waals surface area (Å²) in [6.07, 6.45) is -33.6. The zero-order valence-corrected chi connectivity index (χ0v) is 48.7. The van der Waals surface area contributed by atoms with Gasteiger partial charge in [-0.3, -0.25) is 28.8 Å². The molecule has 0 spiro atoms. The predicted molar refractivity (Wildman–Crippen MR) is 286 cm³/mol. The molecule has 0 radical (unpaired) electrons. The topological polar surface area (TPSA) is 551 Å². The van der Waals surface area contributed by atoms with Gasteiger partial charge in [0.2, 0.25) is 23.6 Å². The van der Waals surface area contributed by atoms with Crippen LogP contribution in [-0.4, -0.2) is 364 Å². The number of unbranched alkanes of at least 4 members (excludes halogenated alkanes) is 3. The zero-order chi connectivity index (χ0) is 65.6. The Hall–Kier alpha value is -4.47. The van der Waals surface area contributed by atoms with Crippen LogP contribution in [0.2, 0.25) is 0 Å². The van der Waals surface area contributed by atoms with E-state index in [1.807, 2.05) is 0 Å². The average molecular weight is 1290 g/mol. The van der Waals surface area contributed by atoms with Crippen molar-refractivity contribution in [2.24, 2.45) is 0 Å². The third kappa shape index (κ3) is 21.5. The minimum Gasteiger partial charge on any atom is -0.394 e. The molecule has 5 fully saturated rings. The molecular weight excluding hydrogens is 1210 g/mol. The average Bonchev–Trinajstić information content (AvgIpc) is 2.93. The molecule has 5 aliphatic rings. The van der Waals surface area contributed by atoms with Crippen LogP contribution in [0.1, 0.15) is 64.2 Å². The lowest BCUT2D eigenvalue weighted by molar-refractivity contribution is -0.303. The molecule has 5 heterocycles. The van der Waals surface area contributed by atoms with E-state index in [0.717, 1.165) is 14.7 Å². The number of nitrogens with zero attached hydrogens (tertiary/aromatic N) is 4. The number of amides is 6. The van der Waals surface area contributed by atoms with Gasteiger partial charge in [0.25, 0.3) is 11.8 Å². The van der Waals surface area contributed by atoms with Gasteiger partial charge in [0, 0.05) is 64.8 Å². The van der Waals surface area contributed by atoms with Crippen LogP contribution in [0.4, 0.5) is 0 Å². The number of aliphatic hydroxyl groups is 16.